The number of carboxylic acids is 1. The second kappa shape index (κ2) is 7.23. The van der Waals surface area contributed by atoms with Gasteiger partial charge in [0.25, 0.3) is 0 Å². The van der Waals surface area contributed by atoms with Crippen LogP contribution in [0.5, 0.6) is 0 Å². The molecular formula is C19H15F4N5O3. The largest absolute Gasteiger partial charge is 0.477 e. The maximum atomic E-state index is 15.5. The third kappa shape index (κ3) is 3.15. The minimum atomic E-state index is -1.71. The Kier molecular flexibility index (Phi) is 4.81. The van der Waals surface area contributed by atoms with E-state index in [2.05, 4.69) is 10.3 Å². The number of aromatic nitrogens is 2. The maximum absolute atomic E-state index is 15.5. The molecule has 0 atom stereocenters. The van der Waals surface area contributed by atoms with Crippen LogP contribution < -0.4 is 21.4 Å². The molecule has 0 spiro atoms. The van der Waals surface area contributed by atoms with Crippen molar-refractivity contribution < 1.29 is 27.5 Å². The normalized spacial score (nSPS) is 14.2. The van der Waals surface area contributed by atoms with Crippen molar-refractivity contribution in [1.29, 1.82) is 0 Å². The molecule has 12 heteroatoms. The van der Waals surface area contributed by atoms with E-state index >= 15 is 4.39 Å². The molecule has 4 rings (SSSR count). The van der Waals surface area contributed by atoms with Crippen LogP contribution in [0.1, 0.15) is 10.4 Å². The number of nitrogens with zero attached hydrogens (tertiary/aromatic N) is 3. The van der Waals surface area contributed by atoms with Gasteiger partial charge in [-0.3, -0.25) is 9.36 Å². The van der Waals surface area contributed by atoms with E-state index in [1.165, 1.54) is 4.90 Å². The van der Waals surface area contributed by atoms with E-state index in [4.69, 9.17) is 5.73 Å². The summed E-state index contributed by atoms with van der Waals surface area (Å²) in [7, 11) is 1.69. The Balaban J connectivity index is 2.09. The number of benzene rings is 1. The maximum Gasteiger partial charge on any atom is 0.341 e. The molecule has 1 aliphatic rings. The number of halogens is 4. The topological polar surface area (TPSA) is 113 Å². The molecule has 8 nitrogen and oxygen atoms in total. The van der Waals surface area contributed by atoms with E-state index in [-0.39, 0.29) is 19.1 Å². The summed E-state index contributed by atoms with van der Waals surface area (Å²) in [6.45, 7) is 0.535. The lowest BCUT2D eigenvalue weighted by Crippen LogP contribution is -2.57. The summed E-state index contributed by atoms with van der Waals surface area (Å²) in [6.07, 6.45) is 0.646. The summed E-state index contributed by atoms with van der Waals surface area (Å²) >= 11 is 0. The molecule has 162 valence electrons. The van der Waals surface area contributed by atoms with Gasteiger partial charge in [0, 0.05) is 31.4 Å². The number of aromatic carboxylic acids is 1. The fourth-order valence-electron chi connectivity index (χ4n) is 3.50. The number of hydrogen-bond acceptors (Lipinski definition) is 6. The Morgan fingerprint density at radius 3 is 2.48 bits per heavy atom. The van der Waals surface area contributed by atoms with Gasteiger partial charge in [-0.1, -0.05) is 0 Å². The molecule has 0 radical (unpaired) electrons. The van der Waals surface area contributed by atoms with Gasteiger partial charge in [0.15, 0.2) is 29.1 Å². The molecule has 1 aliphatic heterocycles. The van der Waals surface area contributed by atoms with E-state index in [1.807, 2.05) is 0 Å². The number of hydrogen-bond donors (Lipinski definition) is 3. The first kappa shape index (κ1) is 20.6. The number of nitrogens with one attached hydrogen (secondary N) is 1. The molecule has 2 aromatic heterocycles. The van der Waals surface area contributed by atoms with Gasteiger partial charge in [0.2, 0.25) is 5.43 Å². The predicted molar refractivity (Wildman–Crippen MR) is 104 cm³/mol. The molecule has 4 N–H and O–H groups in total. The van der Waals surface area contributed by atoms with Crippen molar-refractivity contribution in [2.45, 2.75) is 6.04 Å². The molecule has 31 heavy (non-hydrogen) atoms. The second-order valence-corrected chi connectivity index (χ2v) is 7.02. The Morgan fingerprint density at radius 1 is 1.19 bits per heavy atom. The van der Waals surface area contributed by atoms with Crippen molar-refractivity contribution in [1.82, 2.24) is 14.9 Å². The zero-order valence-corrected chi connectivity index (χ0v) is 15.9. The van der Waals surface area contributed by atoms with E-state index in [9.17, 15) is 27.9 Å². The quantitative estimate of drug-likeness (QED) is 0.532. The summed E-state index contributed by atoms with van der Waals surface area (Å²) in [4.78, 5) is 29.0. The van der Waals surface area contributed by atoms with Gasteiger partial charge in [-0.05, 0) is 13.1 Å². The van der Waals surface area contributed by atoms with Gasteiger partial charge in [-0.2, -0.15) is 0 Å². The number of carboxylic acid groups (broad SMARTS) is 1. The predicted octanol–water partition coefficient (Wildman–Crippen LogP) is 1.63. The summed E-state index contributed by atoms with van der Waals surface area (Å²) < 4.78 is 59.0. The fraction of sp³-hybridized carbons (Fsp3) is 0.211. The third-order valence-corrected chi connectivity index (χ3v) is 5.16. The molecule has 0 saturated carbocycles. The van der Waals surface area contributed by atoms with Crippen LogP contribution in [0.15, 0.2) is 23.1 Å². The molecule has 0 bridgehead atoms. The number of anilines is 2. The standard InChI is InChI=1S/C19H15F4N5O3/c1-25-7-4-27(5-7)15-10(20)2-8-14(13(15)23)28(6-9(16(8)29)19(30)31)18-12(22)3-11(21)17(24)26-18/h2-3,6-7,25H,4-5H2,1H3,(H2,24,26)(H,30,31). The average Bonchev–Trinajstić information content (AvgIpc) is 2.67. The summed E-state index contributed by atoms with van der Waals surface area (Å²) in [6, 6.07) is 1.07. The molecule has 0 aliphatic carbocycles. The van der Waals surface area contributed by atoms with E-state index in [0.717, 1.165) is 0 Å². The van der Waals surface area contributed by atoms with E-state index < -0.39 is 68.5 Å². The number of nitrogens with two attached hydrogens (primary N) is 1. The molecule has 3 heterocycles. The van der Waals surface area contributed by atoms with Crippen molar-refractivity contribution in [2.24, 2.45) is 0 Å². The minimum absolute atomic E-state index is 0.0120. The van der Waals surface area contributed by atoms with Gasteiger partial charge in [-0.25, -0.2) is 27.3 Å². The number of likely N-dealkylation sites (N-methyl/N-ethyl adjacent to an activating group) is 1. The Bertz CT molecular complexity index is 1300. The SMILES string of the molecule is CNC1CN(c2c(F)cc3c(=O)c(C(=O)O)cn(-c4nc(N)c(F)cc4F)c3c2F)C1. The van der Waals surface area contributed by atoms with E-state index in [1.54, 1.807) is 7.05 Å². The van der Waals surface area contributed by atoms with Crippen molar-refractivity contribution in [3.63, 3.8) is 0 Å². The lowest BCUT2D eigenvalue weighted by Gasteiger charge is -2.41. The molecule has 0 amide bonds. The van der Waals surface area contributed by atoms with Gasteiger partial charge < -0.3 is 21.1 Å². The van der Waals surface area contributed by atoms with Crippen LogP contribution in [0.25, 0.3) is 16.7 Å². The van der Waals surface area contributed by atoms with Crippen LogP contribution in [-0.4, -0.2) is 46.8 Å². The van der Waals surface area contributed by atoms with Gasteiger partial charge in [0.1, 0.15) is 17.1 Å². The van der Waals surface area contributed by atoms with Crippen LogP contribution in [0.2, 0.25) is 0 Å². The Morgan fingerprint density at radius 2 is 1.87 bits per heavy atom. The molecular weight excluding hydrogens is 422 g/mol. The van der Waals surface area contributed by atoms with Crippen LogP contribution in [0.3, 0.4) is 0 Å². The van der Waals surface area contributed by atoms with Crippen molar-refractivity contribution in [3.8, 4) is 5.82 Å². The molecule has 1 fully saturated rings. The highest BCUT2D eigenvalue weighted by molar-refractivity contribution is 5.94. The lowest BCUT2D eigenvalue weighted by atomic mass is 10.0. The molecule has 0 unspecified atom stereocenters. The zero-order chi connectivity index (χ0) is 22.6. The number of rotatable bonds is 4. The first-order chi connectivity index (χ1) is 14.6. The van der Waals surface area contributed by atoms with Crippen LogP contribution >= 0.6 is 0 Å². The monoisotopic (exact) mass is 437 g/mol. The smallest absolute Gasteiger partial charge is 0.341 e. The third-order valence-electron chi connectivity index (χ3n) is 5.16. The number of pyridine rings is 2. The van der Waals surface area contributed by atoms with Crippen molar-refractivity contribution >= 4 is 28.4 Å². The summed E-state index contributed by atoms with van der Waals surface area (Å²) in [5.74, 6) is -7.98. The highest BCUT2D eigenvalue weighted by Crippen LogP contribution is 2.34. The molecule has 1 aromatic carbocycles. The lowest BCUT2D eigenvalue weighted by molar-refractivity contribution is 0.0695. The van der Waals surface area contributed by atoms with Gasteiger partial charge >= 0.3 is 5.97 Å². The van der Waals surface area contributed by atoms with Gasteiger partial charge in [0.05, 0.1) is 10.9 Å². The molecule has 3 aromatic rings. The van der Waals surface area contributed by atoms with Crippen molar-refractivity contribution in [2.75, 3.05) is 30.8 Å². The Hall–Kier alpha value is -3.67. The zero-order valence-electron chi connectivity index (χ0n) is 15.9. The molecule has 1 saturated heterocycles. The van der Waals surface area contributed by atoms with Crippen LogP contribution in [-0.2, 0) is 0 Å². The van der Waals surface area contributed by atoms with Crippen LogP contribution in [0.4, 0.5) is 29.1 Å². The van der Waals surface area contributed by atoms with Crippen molar-refractivity contribution in [3.05, 3.63) is 57.4 Å². The van der Waals surface area contributed by atoms with Crippen LogP contribution in [0, 0.1) is 23.3 Å². The fourth-order valence-corrected chi connectivity index (χ4v) is 3.50. The average molecular weight is 437 g/mol. The highest BCUT2D eigenvalue weighted by atomic mass is 19.1. The first-order valence-electron chi connectivity index (χ1n) is 8.98. The Labute approximate surface area is 171 Å². The van der Waals surface area contributed by atoms with E-state index in [0.29, 0.717) is 22.9 Å². The summed E-state index contributed by atoms with van der Waals surface area (Å²) in [5.41, 5.74) is 2.25. The highest BCUT2D eigenvalue weighted by Gasteiger charge is 2.32. The summed E-state index contributed by atoms with van der Waals surface area (Å²) in [5, 5.41) is 11.6. The van der Waals surface area contributed by atoms with Gasteiger partial charge in [-0.15, -0.1) is 0 Å². The number of carbonyl (C=O) groups is 1. The second-order valence-electron chi connectivity index (χ2n) is 7.02. The minimum Gasteiger partial charge on any atom is -0.477 e. The number of fused-ring (bicyclic) bond motifs is 1. The number of nitrogen functional groups attached to an aromatic ring is 1. The first-order valence-corrected chi connectivity index (χ1v) is 8.98.